The van der Waals surface area contributed by atoms with Crippen molar-refractivity contribution in [3.8, 4) is 0 Å². The second-order valence-corrected chi connectivity index (χ2v) is 6.11. The van der Waals surface area contributed by atoms with Crippen LogP contribution in [0.15, 0.2) is 46.3 Å². The minimum atomic E-state index is -0.482. The van der Waals surface area contributed by atoms with Crippen LogP contribution in [0.2, 0.25) is 0 Å². The van der Waals surface area contributed by atoms with Gasteiger partial charge in [-0.15, -0.1) is 11.3 Å². The minimum absolute atomic E-state index is 0.270. The number of nitrogens with one attached hydrogen (secondary N) is 1. The number of hydrogen-bond acceptors (Lipinski definition) is 3. The first kappa shape index (κ1) is 13.7. The van der Waals surface area contributed by atoms with E-state index < -0.39 is 6.10 Å². The Balaban J connectivity index is 1.90. The summed E-state index contributed by atoms with van der Waals surface area (Å²) in [5, 5.41) is 15.5. The predicted octanol–water partition coefficient (Wildman–Crippen LogP) is 3.89. The molecule has 2 aromatic rings. The second-order valence-electron chi connectivity index (χ2n) is 4.22. The molecule has 0 saturated heterocycles. The molecule has 96 valence electrons. The van der Waals surface area contributed by atoms with Crippen LogP contribution < -0.4 is 5.32 Å². The number of benzene rings is 1. The highest BCUT2D eigenvalue weighted by Gasteiger charge is 2.11. The largest absolute Gasteiger partial charge is 0.387 e. The lowest BCUT2D eigenvalue weighted by molar-refractivity contribution is 0.171. The van der Waals surface area contributed by atoms with Crippen LogP contribution >= 0.6 is 27.3 Å². The molecule has 0 saturated carbocycles. The van der Waals surface area contributed by atoms with E-state index in [1.807, 2.05) is 30.3 Å². The van der Waals surface area contributed by atoms with Crippen molar-refractivity contribution >= 4 is 27.3 Å². The van der Waals surface area contributed by atoms with Gasteiger partial charge >= 0.3 is 0 Å². The molecule has 2 N–H and O–H groups in total. The van der Waals surface area contributed by atoms with Crippen molar-refractivity contribution in [3.05, 3.63) is 56.7 Å². The lowest BCUT2D eigenvalue weighted by Crippen LogP contribution is -2.24. The molecule has 1 aromatic carbocycles. The van der Waals surface area contributed by atoms with Gasteiger partial charge in [-0.1, -0.05) is 34.1 Å². The van der Waals surface area contributed by atoms with Crippen molar-refractivity contribution in [1.29, 1.82) is 0 Å². The highest BCUT2D eigenvalue weighted by Crippen LogP contribution is 2.21. The van der Waals surface area contributed by atoms with E-state index in [9.17, 15) is 5.11 Å². The minimum Gasteiger partial charge on any atom is -0.387 e. The number of aliphatic hydroxyl groups excluding tert-OH is 1. The van der Waals surface area contributed by atoms with E-state index in [1.165, 1.54) is 4.88 Å². The molecule has 1 heterocycles. The molecule has 2 rings (SSSR count). The van der Waals surface area contributed by atoms with Crippen LogP contribution in [0.25, 0.3) is 0 Å². The van der Waals surface area contributed by atoms with Crippen LogP contribution in [0.5, 0.6) is 0 Å². The van der Waals surface area contributed by atoms with Gasteiger partial charge in [0.1, 0.15) is 0 Å². The smallest absolute Gasteiger partial charge is 0.0914 e. The predicted molar refractivity (Wildman–Crippen MR) is 79.8 cm³/mol. The Bertz CT molecular complexity index is 486. The second kappa shape index (κ2) is 6.48. The summed E-state index contributed by atoms with van der Waals surface area (Å²) in [6, 6.07) is 12.2. The van der Waals surface area contributed by atoms with Crippen molar-refractivity contribution < 1.29 is 5.11 Å². The fourth-order valence-corrected chi connectivity index (χ4v) is 2.93. The van der Waals surface area contributed by atoms with Crippen molar-refractivity contribution in [3.63, 3.8) is 0 Å². The molecular weight excluding hydrogens is 310 g/mol. The van der Waals surface area contributed by atoms with Gasteiger partial charge in [-0.05, 0) is 36.1 Å². The van der Waals surface area contributed by atoms with E-state index in [4.69, 9.17) is 0 Å². The number of rotatable bonds is 5. The normalized spacial score (nSPS) is 14.4. The van der Waals surface area contributed by atoms with Gasteiger partial charge in [-0.2, -0.15) is 0 Å². The van der Waals surface area contributed by atoms with Gasteiger partial charge in [0, 0.05) is 21.9 Å². The van der Waals surface area contributed by atoms with Crippen LogP contribution in [0.1, 0.15) is 29.5 Å². The molecule has 0 amide bonds. The monoisotopic (exact) mass is 325 g/mol. The van der Waals surface area contributed by atoms with Gasteiger partial charge in [-0.3, -0.25) is 0 Å². The summed E-state index contributed by atoms with van der Waals surface area (Å²) in [6.45, 7) is 2.66. The van der Waals surface area contributed by atoms with Crippen molar-refractivity contribution in [2.75, 3.05) is 6.54 Å². The Morgan fingerprint density at radius 2 is 2.17 bits per heavy atom. The van der Waals surface area contributed by atoms with E-state index in [-0.39, 0.29) is 6.04 Å². The Labute approximate surface area is 120 Å². The molecule has 1 unspecified atom stereocenters. The summed E-state index contributed by atoms with van der Waals surface area (Å²) in [7, 11) is 0. The molecule has 0 aliphatic rings. The highest BCUT2D eigenvalue weighted by atomic mass is 79.9. The molecule has 1 aromatic heterocycles. The Morgan fingerprint density at radius 1 is 1.33 bits per heavy atom. The quantitative estimate of drug-likeness (QED) is 0.873. The summed E-state index contributed by atoms with van der Waals surface area (Å²) in [5.41, 5.74) is 0.926. The first-order chi connectivity index (χ1) is 8.66. The van der Waals surface area contributed by atoms with Crippen molar-refractivity contribution in [2.24, 2.45) is 0 Å². The van der Waals surface area contributed by atoms with Crippen molar-refractivity contribution in [2.45, 2.75) is 19.1 Å². The average molecular weight is 326 g/mol. The van der Waals surface area contributed by atoms with Gasteiger partial charge in [0.05, 0.1) is 6.10 Å². The SMILES string of the molecule is C[C@H](NCC(O)c1cccc(Br)c1)c1cccs1. The zero-order chi connectivity index (χ0) is 13.0. The zero-order valence-corrected chi connectivity index (χ0v) is 12.5. The highest BCUT2D eigenvalue weighted by molar-refractivity contribution is 9.10. The summed E-state index contributed by atoms with van der Waals surface area (Å²) in [4.78, 5) is 1.29. The molecule has 0 radical (unpaired) electrons. The van der Waals surface area contributed by atoms with Crippen LogP contribution in [0.4, 0.5) is 0 Å². The fourth-order valence-electron chi connectivity index (χ4n) is 1.76. The third-order valence-corrected chi connectivity index (χ3v) is 4.37. The van der Waals surface area contributed by atoms with Crippen LogP contribution in [0, 0.1) is 0 Å². The first-order valence-electron chi connectivity index (χ1n) is 5.87. The molecule has 0 aliphatic heterocycles. The number of aliphatic hydroxyl groups is 1. The molecule has 4 heteroatoms. The van der Waals surface area contributed by atoms with E-state index >= 15 is 0 Å². The van der Waals surface area contributed by atoms with Gasteiger partial charge in [0.2, 0.25) is 0 Å². The molecule has 2 atom stereocenters. The number of hydrogen-bond donors (Lipinski definition) is 2. The van der Waals surface area contributed by atoms with Gasteiger partial charge in [-0.25, -0.2) is 0 Å². The number of thiophene rings is 1. The van der Waals surface area contributed by atoms with Gasteiger partial charge < -0.3 is 10.4 Å². The standard InChI is InChI=1S/C14H16BrNOS/c1-10(14-6-3-7-18-14)16-9-13(17)11-4-2-5-12(15)8-11/h2-8,10,13,16-17H,9H2,1H3/t10-,13?/m0/s1. The van der Waals surface area contributed by atoms with Gasteiger partial charge in [0.15, 0.2) is 0 Å². The van der Waals surface area contributed by atoms with Gasteiger partial charge in [0.25, 0.3) is 0 Å². The first-order valence-corrected chi connectivity index (χ1v) is 7.54. The molecule has 2 nitrogen and oxygen atoms in total. The van der Waals surface area contributed by atoms with Crippen molar-refractivity contribution in [1.82, 2.24) is 5.32 Å². The zero-order valence-electron chi connectivity index (χ0n) is 10.1. The lowest BCUT2D eigenvalue weighted by atomic mass is 10.1. The Kier molecular flexibility index (Phi) is 4.95. The Hall–Kier alpha value is -0.680. The molecule has 0 bridgehead atoms. The maximum Gasteiger partial charge on any atom is 0.0914 e. The van der Waals surface area contributed by atoms with Crippen LogP contribution in [-0.2, 0) is 0 Å². The van der Waals surface area contributed by atoms with Crippen LogP contribution in [-0.4, -0.2) is 11.7 Å². The average Bonchev–Trinajstić information content (AvgIpc) is 2.89. The van der Waals surface area contributed by atoms with E-state index in [0.717, 1.165) is 10.0 Å². The van der Waals surface area contributed by atoms with E-state index in [1.54, 1.807) is 11.3 Å². The summed E-state index contributed by atoms with van der Waals surface area (Å²) in [5.74, 6) is 0. The molecular formula is C14H16BrNOS. The fraction of sp³-hybridized carbons (Fsp3) is 0.286. The molecule has 0 fully saturated rings. The maximum absolute atomic E-state index is 10.1. The van der Waals surface area contributed by atoms with E-state index in [2.05, 4.69) is 39.6 Å². The summed E-state index contributed by atoms with van der Waals surface area (Å²) < 4.78 is 0.991. The Morgan fingerprint density at radius 3 is 2.83 bits per heavy atom. The maximum atomic E-state index is 10.1. The number of halogens is 1. The lowest BCUT2D eigenvalue weighted by Gasteiger charge is -2.16. The summed E-state index contributed by atoms with van der Waals surface area (Å²) >= 11 is 5.14. The third kappa shape index (κ3) is 3.65. The molecule has 18 heavy (non-hydrogen) atoms. The third-order valence-electron chi connectivity index (χ3n) is 2.82. The van der Waals surface area contributed by atoms with Crippen LogP contribution in [0.3, 0.4) is 0 Å². The molecule has 0 aliphatic carbocycles. The topological polar surface area (TPSA) is 32.3 Å². The van der Waals surface area contributed by atoms with E-state index in [0.29, 0.717) is 6.54 Å². The summed E-state index contributed by atoms with van der Waals surface area (Å²) in [6.07, 6.45) is -0.482. The molecule has 0 spiro atoms.